The molecule has 7 heteroatoms. The summed E-state index contributed by atoms with van der Waals surface area (Å²) in [6.45, 7) is 2.08. The van der Waals surface area contributed by atoms with E-state index in [1.807, 2.05) is 12.1 Å². The minimum atomic E-state index is -4.79. The highest BCUT2D eigenvalue weighted by Gasteiger charge is 2.31. The molecule has 3 aromatic rings. The Morgan fingerprint density at radius 3 is 2.03 bits per heavy atom. The summed E-state index contributed by atoms with van der Waals surface area (Å²) in [7, 11) is 0. The summed E-state index contributed by atoms with van der Waals surface area (Å²) in [4.78, 5) is 0. The second-order valence-electron chi connectivity index (χ2n) is 7.52. The molecule has 0 atom stereocenters. The summed E-state index contributed by atoms with van der Waals surface area (Å²) >= 11 is 0. The Kier molecular flexibility index (Phi) is 7.38. The van der Waals surface area contributed by atoms with Gasteiger partial charge in [-0.1, -0.05) is 49.7 Å². The fourth-order valence-corrected chi connectivity index (χ4v) is 3.48. The molecule has 2 nitrogen and oxygen atoms in total. The van der Waals surface area contributed by atoms with Gasteiger partial charge in [0.2, 0.25) is 0 Å². The molecule has 1 radical (unpaired) electrons. The molecule has 0 aliphatic rings. The van der Waals surface area contributed by atoms with Crippen molar-refractivity contribution >= 4 is 0 Å². The van der Waals surface area contributed by atoms with Crippen molar-refractivity contribution in [2.45, 2.75) is 45.4 Å². The van der Waals surface area contributed by atoms with E-state index in [9.17, 15) is 22.7 Å². The van der Waals surface area contributed by atoms with E-state index < -0.39 is 23.7 Å². The van der Waals surface area contributed by atoms with Gasteiger partial charge in [0, 0.05) is 11.6 Å². The van der Waals surface area contributed by atoms with Crippen LogP contribution in [-0.4, -0.2) is 6.36 Å². The molecule has 0 aliphatic carbocycles. The Morgan fingerprint density at radius 1 is 0.844 bits per heavy atom. The zero-order valence-electron chi connectivity index (χ0n) is 17.4. The SMILES string of the molecule is CCCCc1ccc(-c2c([O])cc(F)c(CCc3ccc(OC(F)(F)F)cc3)c2F)cc1. The zero-order valence-corrected chi connectivity index (χ0v) is 17.4. The molecule has 0 unspecified atom stereocenters. The maximum atomic E-state index is 15.2. The van der Waals surface area contributed by atoms with Crippen molar-refractivity contribution in [2.24, 2.45) is 0 Å². The highest BCUT2D eigenvalue weighted by Crippen LogP contribution is 2.36. The molecule has 32 heavy (non-hydrogen) atoms. The summed E-state index contributed by atoms with van der Waals surface area (Å²) < 4.78 is 70.1. The van der Waals surface area contributed by atoms with Gasteiger partial charge in [0.05, 0.1) is 5.56 Å². The summed E-state index contributed by atoms with van der Waals surface area (Å²) in [6.07, 6.45) is -1.73. The molecule has 0 saturated heterocycles. The average Bonchev–Trinajstić information content (AvgIpc) is 2.73. The standard InChI is InChI=1S/C25H22F5O2/c1-2-3-4-16-5-10-18(11-6-16)23-22(31)15-21(26)20(24(23)27)14-9-17-7-12-19(13-8-17)32-25(28,29)30/h5-8,10-13,15H,2-4,9,14H2,1H3. The Hall–Kier alpha value is -3.09. The lowest BCUT2D eigenvalue weighted by molar-refractivity contribution is -0.274. The maximum Gasteiger partial charge on any atom is 0.573 e. The minimum Gasteiger partial charge on any atom is -0.406 e. The predicted molar refractivity (Wildman–Crippen MR) is 111 cm³/mol. The van der Waals surface area contributed by atoms with Crippen LogP contribution in [-0.2, 0) is 24.4 Å². The van der Waals surface area contributed by atoms with Gasteiger partial charge in [-0.15, -0.1) is 13.2 Å². The number of rotatable bonds is 8. The molecular weight excluding hydrogens is 427 g/mol. The third kappa shape index (κ3) is 5.99. The van der Waals surface area contributed by atoms with E-state index in [1.165, 1.54) is 12.1 Å². The quantitative estimate of drug-likeness (QED) is 0.323. The first-order valence-corrected chi connectivity index (χ1v) is 10.3. The van der Waals surface area contributed by atoms with Gasteiger partial charge in [-0.2, -0.15) is 0 Å². The summed E-state index contributed by atoms with van der Waals surface area (Å²) in [5.74, 6) is -2.96. The van der Waals surface area contributed by atoms with Crippen molar-refractivity contribution in [1.29, 1.82) is 0 Å². The molecule has 3 aromatic carbocycles. The molecule has 0 bridgehead atoms. The number of hydrogen-bond acceptors (Lipinski definition) is 1. The number of aryl methyl sites for hydroxylation is 2. The molecule has 0 heterocycles. The number of hydrogen-bond donors (Lipinski definition) is 0. The zero-order chi connectivity index (χ0) is 23.3. The fraction of sp³-hybridized carbons (Fsp3) is 0.280. The summed E-state index contributed by atoms with van der Waals surface area (Å²) in [5.41, 5.74) is 1.61. The fourth-order valence-electron chi connectivity index (χ4n) is 3.48. The van der Waals surface area contributed by atoms with Crippen LogP contribution in [0, 0.1) is 11.6 Å². The first kappa shape index (κ1) is 23.6. The van der Waals surface area contributed by atoms with Crippen molar-refractivity contribution in [3.05, 3.63) is 82.9 Å². The van der Waals surface area contributed by atoms with Gasteiger partial charge in [0.25, 0.3) is 0 Å². The first-order chi connectivity index (χ1) is 15.2. The topological polar surface area (TPSA) is 29.1 Å². The molecule has 0 N–H and O–H groups in total. The normalized spacial score (nSPS) is 11.6. The van der Waals surface area contributed by atoms with Crippen molar-refractivity contribution in [1.82, 2.24) is 0 Å². The second kappa shape index (κ2) is 10.0. The minimum absolute atomic E-state index is 0.0565. The van der Waals surface area contributed by atoms with Gasteiger partial charge in [0.1, 0.15) is 17.4 Å². The van der Waals surface area contributed by atoms with Gasteiger partial charge in [-0.25, -0.2) is 8.78 Å². The van der Waals surface area contributed by atoms with Crippen molar-refractivity contribution in [3.8, 4) is 22.6 Å². The Bertz CT molecular complexity index is 1040. The van der Waals surface area contributed by atoms with Crippen LogP contribution < -0.4 is 4.74 Å². The van der Waals surface area contributed by atoms with Crippen LogP contribution in [0.25, 0.3) is 11.1 Å². The lowest BCUT2D eigenvalue weighted by atomic mass is 9.95. The number of ether oxygens (including phenoxy) is 1. The number of unbranched alkanes of at least 4 members (excludes halogenated alkanes) is 1. The van der Waals surface area contributed by atoms with Crippen LogP contribution >= 0.6 is 0 Å². The van der Waals surface area contributed by atoms with Crippen LogP contribution in [0.15, 0.2) is 54.6 Å². The molecule has 169 valence electrons. The number of halogens is 5. The van der Waals surface area contributed by atoms with E-state index in [-0.39, 0.29) is 29.7 Å². The Balaban J connectivity index is 1.79. The van der Waals surface area contributed by atoms with Gasteiger partial charge in [0.15, 0.2) is 5.75 Å². The lowest BCUT2D eigenvalue weighted by Gasteiger charge is -2.12. The molecule has 0 amide bonds. The lowest BCUT2D eigenvalue weighted by Crippen LogP contribution is -2.17. The number of alkyl halides is 3. The van der Waals surface area contributed by atoms with E-state index in [2.05, 4.69) is 11.7 Å². The Labute approximate surface area is 183 Å². The molecular formula is C25H22F5O2. The van der Waals surface area contributed by atoms with E-state index >= 15 is 4.39 Å². The van der Waals surface area contributed by atoms with Gasteiger partial charge in [-0.05, 0) is 54.5 Å². The summed E-state index contributed by atoms with van der Waals surface area (Å²) in [5, 5.41) is 12.3. The molecule has 0 aliphatic heterocycles. The smallest absolute Gasteiger partial charge is 0.406 e. The predicted octanol–water partition coefficient (Wildman–Crippen LogP) is 7.80. The van der Waals surface area contributed by atoms with Crippen LogP contribution in [0.2, 0.25) is 0 Å². The molecule has 3 rings (SSSR count). The maximum absolute atomic E-state index is 15.2. The van der Waals surface area contributed by atoms with E-state index in [0.29, 0.717) is 11.1 Å². The highest BCUT2D eigenvalue weighted by molar-refractivity contribution is 5.72. The van der Waals surface area contributed by atoms with Gasteiger partial charge < -0.3 is 4.74 Å². The van der Waals surface area contributed by atoms with Crippen molar-refractivity contribution in [3.63, 3.8) is 0 Å². The van der Waals surface area contributed by atoms with Crippen LogP contribution in [0.5, 0.6) is 11.5 Å². The second-order valence-corrected chi connectivity index (χ2v) is 7.52. The molecule has 0 fully saturated rings. The van der Waals surface area contributed by atoms with Crippen LogP contribution in [0.3, 0.4) is 0 Å². The third-order valence-corrected chi connectivity index (χ3v) is 5.16. The van der Waals surface area contributed by atoms with Crippen molar-refractivity contribution in [2.75, 3.05) is 0 Å². The van der Waals surface area contributed by atoms with E-state index in [0.717, 1.165) is 43.0 Å². The van der Waals surface area contributed by atoms with Crippen LogP contribution in [0.4, 0.5) is 22.0 Å². The molecule has 0 saturated carbocycles. The highest BCUT2D eigenvalue weighted by atomic mass is 19.4. The van der Waals surface area contributed by atoms with Crippen LogP contribution in [0.1, 0.15) is 36.5 Å². The first-order valence-electron chi connectivity index (χ1n) is 10.3. The van der Waals surface area contributed by atoms with Crippen molar-refractivity contribution < 1.29 is 31.8 Å². The number of benzene rings is 3. The molecule has 0 aromatic heterocycles. The Morgan fingerprint density at radius 2 is 1.44 bits per heavy atom. The molecule has 0 spiro atoms. The van der Waals surface area contributed by atoms with E-state index in [4.69, 9.17) is 0 Å². The monoisotopic (exact) mass is 449 g/mol. The third-order valence-electron chi connectivity index (χ3n) is 5.16. The van der Waals surface area contributed by atoms with Gasteiger partial charge in [-0.3, -0.25) is 5.11 Å². The van der Waals surface area contributed by atoms with E-state index in [1.54, 1.807) is 12.1 Å². The van der Waals surface area contributed by atoms with Gasteiger partial charge >= 0.3 is 6.36 Å². The summed E-state index contributed by atoms with van der Waals surface area (Å²) in [6, 6.07) is 12.8. The average molecular weight is 449 g/mol. The largest absolute Gasteiger partial charge is 0.573 e.